The first kappa shape index (κ1) is 25.0. The van der Waals surface area contributed by atoms with Crippen LogP contribution >= 0.6 is 11.6 Å². The average Bonchev–Trinajstić information content (AvgIpc) is 3.33. The second kappa shape index (κ2) is 9.17. The van der Waals surface area contributed by atoms with E-state index in [1.165, 1.54) is 57.6 Å². The molecular weight excluding hydrogens is 482 g/mol. The monoisotopic (exact) mass is 517 g/mol. The summed E-state index contributed by atoms with van der Waals surface area (Å²) < 4.78 is 0. The first-order valence-electron chi connectivity index (χ1n) is 13.7. The van der Waals surface area contributed by atoms with Gasteiger partial charge in [0.2, 0.25) is 0 Å². The SMILES string of the molecule is Cc1cccc(N(C2=CCc3ccc(-c4ccccc4)cc32)c2ccc3c(c2)C(C)(C)CCC3(C)C)c1Cl. The van der Waals surface area contributed by atoms with Crippen molar-refractivity contribution in [3.8, 4) is 11.1 Å². The van der Waals surface area contributed by atoms with E-state index in [0.29, 0.717) is 0 Å². The summed E-state index contributed by atoms with van der Waals surface area (Å²) in [6, 6.07) is 31.0. The van der Waals surface area contributed by atoms with Crippen LogP contribution in [0.1, 0.15) is 68.4 Å². The third-order valence-electron chi connectivity index (χ3n) is 8.76. The van der Waals surface area contributed by atoms with Gasteiger partial charge in [-0.15, -0.1) is 0 Å². The molecule has 0 bridgehead atoms. The number of rotatable bonds is 4. The number of benzene rings is 4. The van der Waals surface area contributed by atoms with Gasteiger partial charge in [-0.2, -0.15) is 0 Å². The van der Waals surface area contributed by atoms with Crippen LogP contribution in [0.3, 0.4) is 0 Å². The number of halogens is 1. The highest BCUT2D eigenvalue weighted by Gasteiger charge is 2.37. The molecule has 0 fully saturated rings. The van der Waals surface area contributed by atoms with Crippen LogP contribution in [0.5, 0.6) is 0 Å². The maximum atomic E-state index is 7.05. The number of allylic oxidation sites excluding steroid dienone is 1. The molecule has 6 rings (SSSR count). The van der Waals surface area contributed by atoms with Crippen LogP contribution in [0.2, 0.25) is 5.02 Å². The standard InChI is InChI=1S/C36H36ClN/c1-24-10-9-13-33(34(24)37)38(28-17-18-30-31(23-28)36(4,5)21-20-35(30,2)3)32-19-16-26-14-15-27(22-29(26)32)25-11-7-6-8-12-25/h6-15,17-19,22-23H,16,20-21H2,1-5H3. The zero-order chi connectivity index (χ0) is 26.7. The van der Waals surface area contributed by atoms with E-state index in [1.54, 1.807) is 0 Å². The van der Waals surface area contributed by atoms with E-state index in [-0.39, 0.29) is 10.8 Å². The van der Waals surface area contributed by atoms with E-state index < -0.39 is 0 Å². The Kier molecular flexibility index (Phi) is 6.04. The van der Waals surface area contributed by atoms with Crippen LogP contribution in [-0.4, -0.2) is 0 Å². The normalized spacial score (nSPS) is 16.9. The molecule has 0 atom stereocenters. The molecule has 192 valence electrons. The first-order valence-corrected chi connectivity index (χ1v) is 14.1. The Morgan fingerprint density at radius 3 is 2.21 bits per heavy atom. The summed E-state index contributed by atoms with van der Waals surface area (Å²) in [6.07, 6.45) is 5.68. The highest BCUT2D eigenvalue weighted by Crippen LogP contribution is 2.49. The molecule has 0 amide bonds. The van der Waals surface area contributed by atoms with Gasteiger partial charge in [-0.05, 0) is 94.7 Å². The van der Waals surface area contributed by atoms with Gasteiger partial charge >= 0.3 is 0 Å². The van der Waals surface area contributed by atoms with Gasteiger partial charge in [-0.1, -0.05) is 106 Å². The summed E-state index contributed by atoms with van der Waals surface area (Å²) in [5.41, 5.74) is 12.8. The molecular formula is C36H36ClN. The fourth-order valence-corrected chi connectivity index (χ4v) is 6.47. The largest absolute Gasteiger partial charge is 0.309 e. The second-order valence-corrected chi connectivity index (χ2v) is 12.7. The van der Waals surface area contributed by atoms with Crippen LogP contribution in [-0.2, 0) is 17.3 Å². The van der Waals surface area contributed by atoms with Gasteiger partial charge in [0.1, 0.15) is 0 Å². The smallest absolute Gasteiger partial charge is 0.0675 e. The van der Waals surface area contributed by atoms with Gasteiger partial charge in [-0.25, -0.2) is 0 Å². The Hall–Kier alpha value is -3.29. The van der Waals surface area contributed by atoms with Crippen LogP contribution in [0, 0.1) is 6.92 Å². The zero-order valence-corrected chi connectivity index (χ0v) is 23.9. The topological polar surface area (TPSA) is 3.24 Å². The maximum Gasteiger partial charge on any atom is 0.0675 e. The Morgan fingerprint density at radius 1 is 0.711 bits per heavy atom. The van der Waals surface area contributed by atoms with Crippen molar-refractivity contribution in [1.82, 2.24) is 0 Å². The molecule has 2 aliphatic carbocycles. The quantitative estimate of drug-likeness (QED) is 0.260. The lowest BCUT2D eigenvalue weighted by Crippen LogP contribution is -2.34. The third-order valence-corrected chi connectivity index (χ3v) is 9.25. The molecule has 2 aliphatic rings. The van der Waals surface area contributed by atoms with E-state index in [2.05, 4.69) is 131 Å². The van der Waals surface area contributed by atoms with Crippen molar-refractivity contribution in [3.05, 3.63) is 124 Å². The highest BCUT2D eigenvalue weighted by atomic mass is 35.5. The van der Waals surface area contributed by atoms with E-state index in [1.807, 2.05) is 0 Å². The van der Waals surface area contributed by atoms with Crippen molar-refractivity contribution in [3.63, 3.8) is 0 Å². The third kappa shape index (κ3) is 4.18. The van der Waals surface area contributed by atoms with E-state index >= 15 is 0 Å². The van der Waals surface area contributed by atoms with Gasteiger partial charge in [0.25, 0.3) is 0 Å². The number of hydrogen-bond acceptors (Lipinski definition) is 1. The Morgan fingerprint density at radius 2 is 1.45 bits per heavy atom. The van der Waals surface area contributed by atoms with Crippen molar-refractivity contribution in [2.45, 2.75) is 64.7 Å². The maximum absolute atomic E-state index is 7.05. The predicted molar refractivity (Wildman–Crippen MR) is 164 cm³/mol. The average molecular weight is 518 g/mol. The summed E-state index contributed by atoms with van der Waals surface area (Å²) in [5, 5.41) is 0.804. The lowest BCUT2D eigenvalue weighted by atomic mass is 9.63. The Bertz CT molecular complexity index is 1560. The van der Waals surface area contributed by atoms with Crippen molar-refractivity contribution in [2.75, 3.05) is 4.90 Å². The fourth-order valence-electron chi connectivity index (χ4n) is 6.26. The highest BCUT2D eigenvalue weighted by molar-refractivity contribution is 6.34. The molecule has 0 spiro atoms. The van der Waals surface area contributed by atoms with E-state index in [4.69, 9.17) is 11.6 Å². The van der Waals surface area contributed by atoms with Gasteiger partial charge in [0, 0.05) is 11.3 Å². The lowest BCUT2D eigenvalue weighted by molar-refractivity contribution is 0.332. The molecule has 0 saturated heterocycles. The van der Waals surface area contributed by atoms with Crippen molar-refractivity contribution >= 4 is 28.7 Å². The number of aryl methyl sites for hydroxylation is 1. The lowest BCUT2D eigenvalue weighted by Gasteiger charge is -2.42. The summed E-state index contributed by atoms with van der Waals surface area (Å²) in [5.74, 6) is 0. The molecule has 0 aromatic heterocycles. The molecule has 0 unspecified atom stereocenters. The summed E-state index contributed by atoms with van der Waals surface area (Å²) >= 11 is 7.05. The van der Waals surface area contributed by atoms with Crippen LogP contribution in [0.15, 0.2) is 91.0 Å². The zero-order valence-electron chi connectivity index (χ0n) is 23.1. The Labute approximate surface area is 232 Å². The molecule has 0 heterocycles. The van der Waals surface area contributed by atoms with Gasteiger partial charge in [0.15, 0.2) is 0 Å². The minimum absolute atomic E-state index is 0.130. The van der Waals surface area contributed by atoms with E-state index in [9.17, 15) is 0 Å². The van der Waals surface area contributed by atoms with Gasteiger partial charge in [-0.3, -0.25) is 0 Å². The van der Waals surface area contributed by atoms with Crippen LogP contribution in [0.4, 0.5) is 11.4 Å². The van der Waals surface area contributed by atoms with Crippen molar-refractivity contribution in [1.29, 1.82) is 0 Å². The minimum atomic E-state index is 0.130. The number of nitrogens with zero attached hydrogens (tertiary/aromatic N) is 1. The second-order valence-electron chi connectivity index (χ2n) is 12.3. The molecule has 0 saturated carbocycles. The van der Waals surface area contributed by atoms with Crippen molar-refractivity contribution in [2.24, 2.45) is 0 Å². The fraction of sp³-hybridized carbons (Fsp3) is 0.278. The first-order chi connectivity index (χ1) is 18.2. The number of hydrogen-bond donors (Lipinski definition) is 0. The van der Waals surface area contributed by atoms with Crippen molar-refractivity contribution < 1.29 is 0 Å². The molecule has 0 N–H and O–H groups in total. The van der Waals surface area contributed by atoms with Gasteiger partial charge in [0.05, 0.1) is 16.4 Å². The molecule has 2 heteroatoms. The molecule has 38 heavy (non-hydrogen) atoms. The summed E-state index contributed by atoms with van der Waals surface area (Å²) in [6.45, 7) is 11.6. The van der Waals surface area contributed by atoms with E-state index in [0.717, 1.165) is 22.7 Å². The molecule has 4 aromatic carbocycles. The molecule has 4 aromatic rings. The summed E-state index contributed by atoms with van der Waals surface area (Å²) in [7, 11) is 0. The number of anilines is 2. The molecule has 1 nitrogen and oxygen atoms in total. The van der Waals surface area contributed by atoms with Crippen LogP contribution < -0.4 is 4.90 Å². The number of fused-ring (bicyclic) bond motifs is 2. The molecule has 0 aliphatic heterocycles. The van der Waals surface area contributed by atoms with Crippen LogP contribution in [0.25, 0.3) is 16.8 Å². The van der Waals surface area contributed by atoms with Gasteiger partial charge < -0.3 is 4.90 Å². The molecule has 0 radical (unpaired) electrons. The predicted octanol–water partition coefficient (Wildman–Crippen LogP) is 10.4. The minimum Gasteiger partial charge on any atom is -0.309 e. The Balaban J connectivity index is 1.55. The summed E-state index contributed by atoms with van der Waals surface area (Å²) in [4.78, 5) is 2.40.